The lowest BCUT2D eigenvalue weighted by atomic mass is 10.2. The third-order valence-corrected chi connectivity index (χ3v) is 2.73. The van der Waals surface area contributed by atoms with Crippen molar-refractivity contribution in [3.05, 3.63) is 29.8 Å². The maximum absolute atomic E-state index is 12.1. The molecule has 0 saturated carbocycles. The Bertz CT molecular complexity index is 511. The summed E-state index contributed by atoms with van der Waals surface area (Å²) in [6.45, 7) is -0.408. The molecular formula is C14H18F2N2O4. The Morgan fingerprint density at radius 2 is 2.14 bits per heavy atom. The highest BCUT2D eigenvalue weighted by molar-refractivity contribution is 5.75. The Morgan fingerprint density at radius 1 is 1.41 bits per heavy atom. The quantitative estimate of drug-likeness (QED) is 0.768. The van der Waals surface area contributed by atoms with Crippen molar-refractivity contribution in [1.29, 1.82) is 0 Å². The topological polar surface area (TPSA) is 78.9 Å². The number of carboxylic acids is 1. The van der Waals surface area contributed by atoms with Crippen molar-refractivity contribution in [2.75, 3.05) is 20.2 Å². The Balaban J connectivity index is 2.45. The molecule has 1 aromatic carbocycles. The van der Waals surface area contributed by atoms with Crippen molar-refractivity contribution < 1.29 is 28.2 Å². The summed E-state index contributed by atoms with van der Waals surface area (Å²) in [5.41, 5.74) is 0.687. The number of aliphatic carboxylic acids is 1. The van der Waals surface area contributed by atoms with Crippen LogP contribution >= 0.6 is 0 Å². The van der Waals surface area contributed by atoms with E-state index < -0.39 is 25.0 Å². The minimum Gasteiger partial charge on any atom is -0.488 e. The molecule has 0 bridgehead atoms. The Morgan fingerprint density at radius 3 is 2.77 bits per heavy atom. The van der Waals surface area contributed by atoms with Crippen LogP contribution in [0.2, 0.25) is 0 Å². The number of carbonyl (C=O) groups excluding carboxylic acids is 1. The summed E-state index contributed by atoms with van der Waals surface area (Å²) in [5.74, 6) is -0.685. The summed E-state index contributed by atoms with van der Waals surface area (Å²) in [7, 11) is 1.49. The van der Waals surface area contributed by atoms with E-state index in [2.05, 4.69) is 5.32 Å². The van der Waals surface area contributed by atoms with Gasteiger partial charge in [-0.3, -0.25) is 4.79 Å². The molecule has 2 amide bonds. The first-order valence-corrected chi connectivity index (χ1v) is 6.59. The number of hydrogen-bond acceptors (Lipinski definition) is 3. The number of amides is 2. The molecule has 2 N–H and O–H groups in total. The van der Waals surface area contributed by atoms with Gasteiger partial charge in [0.2, 0.25) is 0 Å². The molecule has 0 saturated heterocycles. The maximum Gasteiger partial charge on any atom is 0.317 e. The number of ether oxygens (including phenoxy) is 1. The summed E-state index contributed by atoms with van der Waals surface area (Å²) in [4.78, 5) is 23.4. The molecule has 0 unspecified atom stereocenters. The zero-order chi connectivity index (χ0) is 16.5. The van der Waals surface area contributed by atoms with Gasteiger partial charge in [-0.25, -0.2) is 13.6 Å². The van der Waals surface area contributed by atoms with Crippen LogP contribution in [0.3, 0.4) is 0 Å². The van der Waals surface area contributed by atoms with E-state index in [-0.39, 0.29) is 19.5 Å². The molecule has 0 heterocycles. The first-order valence-electron chi connectivity index (χ1n) is 6.59. The van der Waals surface area contributed by atoms with E-state index in [4.69, 9.17) is 9.84 Å². The number of alkyl halides is 2. The van der Waals surface area contributed by atoms with Crippen molar-refractivity contribution in [3.63, 3.8) is 0 Å². The average molecular weight is 316 g/mol. The molecule has 0 aliphatic carbocycles. The van der Waals surface area contributed by atoms with Gasteiger partial charge in [-0.15, -0.1) is 0 Å². The fourth-order valence-corrected chi connectivity index (χ4v) is 1.58. The van der Waals surface area contributed by atoms with E-state index in [1.165, 1.54) is 11.9 Å². The van der Waals surface area contributed by atoms with Crippen LogP contribution in [0.25, 0.3) is 0 Å². The summed E-state index contributed by atoms with van der Waals surface area (Å²) >= 11 is 0. The van der Waals surface area contributed by atoms with Gasteiger partial charge in [0, 0.05) is 20.1 Å². The number of carboxylic acid groups (broad SMARTS) is 1. The molecular weight excluding hydrogens is 298 g/mol. The number of nitrogens with zero attached hydrogens (tertiary/aromatic N) is 1. The van der Waals surface area contributed by atoms with Crippen molar-refractivity contribution in [1.82, 2.24) is 10.2 Å². The minimum atomic E-state index is -2.55. The van der Waals surface area contributed by atoms with Crippen LogP contribution in [0.4, 0.5) is 13.6 Å². The molecule has 0 atom stereocenters. The molecule has 122 valence electrons. The Labute approximate surface area is 126 Å². The molecule has 0 aromatic heterocycles. The monoisotopic (exact) mass is 316 g/mol. The molecule has 0 aliphatic heterocycles. The molecule has 1 rings (SSSR count). The predicted octanol–water partition coefficient (Wildman–Crippen LogP) is 1.95. The second-order valence-corrected chi connectivity index (χ2v) is 4.57. The largest absolute Gasteiger partial charge is 0.488 e. The number of rotatable bonds is 8. The third kappa shape index (κ3) is 6.87. The van der Waals surface area contributed by atoms with Crippen LogP contribution in [0, 0.1) is 0 Å². The van der Waals surface area contributed by atoms with Gasteiger partial charge in [-0.1, -0.05) is 12.1 Å². The minimum absolute atomic E-state index is 0.0959. The summed E-state index contributed by atoms with van der Waals surface area (Å²) < 4.78 is 29.0. The van der Waals surface area contributed by atoms with Gasteiger partial charge in [0.25, 0.3) is 6.43 Å². The number of nitrogens with one attached hydrogen (secondary N) is 1. The average Bonchev–Trinajstić information content (AvgIpc) is 2.48. The van der Waals surface area contributed by atoms with Crippen LogP contribution in [0.1, 0.15) is 12.0 Å². The van der Waals surface area contributed by atoms with Crippen molar-refractivity contribution in [3.8, 4) is 5.75 Å². The van der Waals surface area contributed by atoms with Crippen molar-refractivity contribution in [2.24, 2.45) is 0 Å². The summed E-state index contributed by atoms with van der Waals surface area (Å²) in [6, 6.07) is 6.04. The fraction of sp³-hybridized carbons (Fsp3) is 0.429. The molecule has 0 fully saturated rings. The van der Waals surface area contributed by atoms with Gasteiger partial charge in [-0.05, 0) is 17.7 Å². The Hall–Kier alpha value is -2.38. The molecule has 22 heavy (non-hydrogen) atoms. The maximum atomic E-state index is 12.1. The highest BCUT2D eigenvalue weighted by Gasteiger charge is 2.10. The predicted molar refractivity (Wildman–Crippen MR) is 75.1 cm³/mol. The first-order chi connectivity index (χ1) is 10.4. The van der Waals surface area contributed by atoms with Crippen LogP contribution < -0.4 is 10.1 Å². The molecule has 0 aliphatic rings. The lowest BCUT2D eigenvalue weighted by molar-refractivity contribution is -0.137. The summed E-state index contributed by atoms with van der Waals surface area (Å²) in [5, 5.41) is 11.2. The van der Waals surface area contributed by atoms with Gasteiger partial charge in [0.1, 0.15) is 12.4 Å². The van der Waals surface area contributed by atoms with Gasteiger partial charge in [-0.2, -0.15) is 0 Å². The standard InChI is InChI=1S/C14H18F2N2O4/c1-18(6-5-13(19)20)14(21)17-8-10-3-2-4-11(7-10)22-9-12(15)16/h2-4,7,12H,5-6,8-9H2,1H3,(H,17,21)(H,19,20). The zero-order valence-electron chi connectivity index (χ0n) is 12.1. The molecule has 0 spiro atoms. The molecule has 1 aromatic rings. The Kier molecular flexibility index (Phi) is 7.07. The molecule has 0 radical (unpaired) electrons. The van der Waals surface area contributed by atoms with Crippen molar-refractivity contribution in [2.45, 2.75) is 19.4 Å². The van der Waals surface area contributed by atoms with Crippen LogP contribution in [0.5, 0.6) is 5.75 Å². The molecule has 6 nitrogen and oxygen atoms in total. The number of halogens is 2. The number of carbonyl (C=O) groups is 2. The highest BCUT2D eigenvalue weighted by Crippen LogP contribution is 2.14. The van der Waals surface area contributed by atoms with Gasteiger partial charge in [0.05, 0.1) is 6.42 Å². The van der Waals surface area contributed by atoms with Crippen LogP contribution in [-0.4, -0.2) is 48.6 Å². The van der Waals surface area contributed by atoms with E-state index in [1.54, 1.807) is 24.3 Å². The smallest absolute Gasteiger partial charge is 0.317 e. The van der Waals surface area contributed by atoms with Gasteiger partial charge < -0.3 is 20.1 Å². The lowest BCUT2D eigenvalue weighted by Gasteiger charge is -2.17. The normalized spacial score (nSPS) is 10.4. The van der Waals surface area contributed by atoms with E-state index >= 15 is 0 Å². The van der Waals surface area contributed by atoms with E-state index in [1.807, 2.05) is 0 Å². The third-order valence-electron chi connectivity index (χ3n) is 2.73. The SMILES string of the molecule is CN(CCC(=O)O)C(=O)NCc1cccc(OCC(F)F)c1. The summed E-state index contributed by atoms with van der Waals surface area (Å²) in [6.07, 6.45) is -2.69. The second kappa shape index (κ2) is 8.81. The lowest BCUT2D eigenvalue weighted by Crippen LogP contribution is -2.37. The van der Waals surface area contributed by atoms with Crippen LogP contribution in [-0.2, 0) is 11.3 Å². The fourth-order valence-electron chi connectivity index (χ4n) is 1.58. The number of hydrogen-bond donors (Lipinski definition) is 2. The van der Waals surface area contributed by atoms with E-state index in [0.29, 0.717) is 11.3 Å². The zero-order valence-corrected chi connectivity index (χ0v) is 12.1. The second-order valence-electron chi connectivity index (χ2n) is 4.57. The van der Waals surface area contributed by atoms with E-state index in [9.17, 15) is 18.4 Å². The number of urea groups is 1. The van der Waals surface area contributed by atoms with Gasteiger partial charge >= 0.3 is 12.0 Å². The van der Waals surface area contributed by atoms with E-state index in [0.717, 1.165) is 0 Å². The van der Waals surface area contributed by atoms with Crippen molar-refractivity contribution >= 4 is 12.0 Å². The first kappa shape index (κ1) is 17.7. The van der Waals surface area contributed by atoms with Crippen LogP contribution in [0.15, 0.2) is 24.3 Å². The molecule has 8 heteroatoms. The van der Waals surface area contributed by atoms with Gasteiger partial charge in [0.15, 0.2) is 0 Å². The number of benzene rings is 1. The highest BCUT2D eigenvalue weighted by atomic mass is 19.3.